The molecule has 0 spiro atoms. The summed E-state index contributed by atoms with van der Waals surface area (Å²) in [4.78, 5) is 3.64. The number of thiophene rings is 1. The van der Waals surface area contributed by atoms with E-state index in [4.69, 9.17) is 0 Å². The van der Waals surface area contributed by atoms with E-state index in [-0.39, 0.29) is 0 Å². The van der Waals surface area contributed by atoms with Gasteiger partial charge in [0.2, 0.25) is 10.0 Å². The second-order valence-corrected chi connectivity index (χ2v) is 9.54. The number of rotatable bonds is 5. The molecular weight excluding hydrogens is 360 g/mol. The van der Waals surface area contributed by atoms with E-state index < -0.39 is 10.0 Å². The first kappa shape index (κ1) is 16.4. The maximum Gasteiger partial charge on any atom is 0.244 e. The van der Waals surface area contributed by atoms with Gasteiger partial charge in [0.1, 0.15) is 0 Å². The Kier molecular flexibility index (Phi) is 5.29. The van der Waals surface area contributed by atoms with Crippen LogP contribution in [0.4, 0.5) is 0 Å². The summed E-state index contributed by atoms with van der Waals surface area (Å²) in [6.07, 6.45) is 0.922. The van der Waals surface area contributed by atoms with Gasteiger partial charge in [-0.15, -0.1) is 11.3 Å². The van der Waals surface area contributed by atoms with Crippen molar-refractivity contribution in [2.24, 2.45) is 0 Å². The molecule has 1 aliphatic rings. The molecule has 1 fully saturated rings. The molecule has 0 bridgehead atoms. The third-order valence-corrected chi connectivity index (χ3v) is 7.59. The first-order chi connectivity index (χ1) is 9.40. The van der Waals surface area contributed by atoms with Crippen molar-refractivity contribution < 1.29 is 8.42 Å². The summed E-state index contributed by atoms with van der Waals surface area (Å²) in [5.41, 5.74) is 0. The van der Waals surface area contributed by atoms with Crippen LogP contribution in [0.25, 0.3) is 0 Å². The Balaban J connectivity index is 2.19. The van der Waals surface area contributed by atoms with Gasteiger partial charge in [0.05, 0.1) is 8.68 Å². The predicted octanol–water partition coefficient (Wildman–Crippen LogP) is 2.92. The van der Waals surface area contributed by atoms with Crippen molar-refractivity contribution in [1.29, 1.82) is 0 Å². The van der Waals surface area contributed by atoms with Crippen LogP contribution in [-0.4, -0.2) is 49.8 Å². The van der Waals surface area contributed by atoms with E-state index in [0.29, 0.717) is 24.0 Å². The van der Waals surface area contributed by atoms with Crippen LogP contribution < -0.4 is 0 Å². The SMILES string of the molecule is CCN(CC)C1CCN(S(=O)(=O)c2cc(Br)sc2C)C1. The maximum absolute atomic E-state index is 12.7. The van der Waals surface area contributed by atoms with Crippen LogP contribution in [0.2, 0.25) is 0 Å². The standard InChI is InChI=1S/C13H21BrN2O2S2/c1-4-15(5-2)11-6-7-16(9-11)20(17,18)12-8-13(14)19-10(12)3/h8,11H,4-7,9H2,1-3H3. The monoisotopic (exact) mass is 380 g/mol. The van der Waals surface area contributed by atoms with Gasteiger partial charge >= 0.3 is 0 Å². The number of likely N-dealkylation sites (N-methyl/N-ethyl adjacent to an activating group) is 1. The van der Waals surface area contributed by atoms with Gasteiger partial charge < -0.3 is 0 Å². The first-order valence-corrected chi connectivity index (χ1v) is 9.95. The highest BCUT2D eigenvalue weighted by atomic mass is 79.9. The Morgan fingerprint density at radius 3 is 2.60 bits per heavy atom. The van der Waals surface area contributed by atoms with Crippen LogP contribution >= 0.6 is 27.3 Å². The maximum atomic E-state index is 12.7. The molecule has 1 atom stereocenters. The molecule has 1 aromatic rings. The van der Waals surface area contributed by atoms with Gasteiger partial charge in [-0.05, 0) is 48.4 Å². The van der Waals surface area contributed by atoms with Gasteiger partial charge in [0, 0.05) is 24.0 Å². The van der Waals surface area contributed by atoms with Gasteiger partial charge in [-0.3, -0.25) is 4.90 Å². The van der Waals surface area contributed by atoms with Crippen molar-refractivity contribution in [1.82, 2.24) is 9.21 Å². The fraction of sp³-hybridized carbons (Fsp3) is 0.692. The van der Waals surface area contributed by atoms with E-state index in [1.165, 1.54) is 11.3 Å². The molecule has 0 aromatic carbocycles. The molecule has 114 valence electrons. The number of sulfonamides is 1. The van der Waals surface area contributed by atoms with Crippen LogP contribution in [0, 0.1) is 6.92 Å². The van der Waals surface area contributed by atoms with Crippen molar-refractivity contribution >= 4 is 37.3 Å². The minimum atomic E-state index is -3.34. The quantitative estimate of drug-likeness (QED) is 0.788. The zero-order valence-corrected chi connectivity index (χ0v) is 15.3. The molecule has 0 amide bonds. The summed E-state index contributed by atoms with van der Waals surface area (Å²) in [7, 11) is -3.34. The molecule has 1 aliphatic heterocycles. The topological polar surface area (TPSA) is 40.6 Å². The molecule has 0 radical (unpaired) electrons. The summed E-state index contributed by atoms with van der Waals surface area (Å²) in [6.45, 7) is 9.28. The lowest BCUT2D eigenvalue weighted by molar-refractivity contribution is 0.224. The van der Waals surface area contributed by atoms with Crippen molar-refractivity contribution in [3.63, 3.8) is 0 Å². The molecule has 2 rings (SSSR count). The third-order valence-electron chi connectivity index (χ3n) is 3.91. The molecule has 0 N–H and O–H groups in total. The van der Waals surface area contributed by atoms with Crippen LogP contribution in [0.3, 0.4) is 0 Å². The number of aryl methyl sites for hydroxylation is 1. The van der Waals surface area contributed by atoms with Gasteiger partial charge in [-0.1, -0.05) is 13.8 Å². The lowest BCUT2D eigenvalue weighted by Gasteiger charge is -2.26. The van der Waals surface area contributed by atoms with Crippen molar-refractivity contribution in [3.8, 4) is 0 Å². The number of hydrogen-bond acceptors (Lipinski definition) is 4. The average molecular weight is 381 g/mol. The lowest BCUT2D eigenvalue weighted by atomic mass is 10.2. The number of halogens is 1. The molecule has 1 unspecified atom stereocenters. The van der Waals surface area contributed by atoms with E-state index in [1.54, 1.807) is 10.4 Å². The summed E-state index contributed by atoms with van der Waals surface area (Å²) in [5.74, 6) is 0. The summed E-state index contributed by atoms with van der Waals surface area (Å²) in [6, 6.07) is 2.07. The van der Waals surface area contributed by atoms with E-state index in [1.807, 2.05) is 6.92 Å². The Morgan fingerprint density at radius 1 is 1.45 bits per heavy atom. The van der Waals surface area contributed by atoms with Crippen molar-refractivity contribution in [2.75, 3.05) is 26.2 Å². The summed E-state index contributed by atoms with van der Waals surface area (Å²) in [5, 5.41) is 0. The Hall–Kier alpha value is 0.0500. The highest BCUT2D eigenvalue weighted by molar-refractivity contribution is 9.11. The smallest absolute Gasteiger partial charge is 0.244 e. The van der Waals surface area contributed by atoms with Gasteiger partial charge in [-0.25, -0.2) is 8.42 Å². The van der Waals surface area contributed by atoms with Crippen molar-refractivity contribution in [3.05, 3.63) is 14.7 Å². The molecule has 1 saturated heterocycles. The zero-order chi connectivity index (χ0) is 14.9. The predicted molar refractivity (Wildman–Crippen MR) is 86.8 cm³/mol. The van der Waals surface area contributed by atoms with E-state index in [0.717, 1.165) is 28.2 Å². The molecule has 20 heavy (non-hydrogen) atoms. The van der Waals surface area contributed by atoms with Gasteiger partial charge in [0.25, 0.3) is 0 Å². The lowest BCUT2D eigenvalue weighted by Crippen LogP contribution is -2.38. The highest BCUT2D eigenvalue weighted by Gasteiger charge is 2.35. The van der Waals surface area contributed by atoms with Crippen LogP contribution in [0.15, 0.2) is 14.7 Å². The van der Waals surface area contributed by atoms with Gasteiger partial charge in [0.15, 0.2) is 0 Å². The van der Waals surface area contributed by atoms with Crippen LogP contribution in [0.1, 0.15) is 25.1 Å². The molecule has 0 saturated carbocycles. The second kappa shape index (κ2) is 6.44. The van der Waals surface area contributed by atoms with Crippen LogP contribution in [0.5, 0.6) is 0 Å². The second-order valence-electron chi connectivity index (χ2n) is 5.00. The molecular formula is C13H21BrN2O2S2. The Bertz CT molecular complexity index is 567. The summed E-state index contributed by atoms with van der Waals surface area (Å²) >= 11 is 4.84. The molecule has 7 heteroatoms. The Morgan fingerprint density at radius 2 is 2.10 bits per heavy atom. The fourth-order valence-electron chi connectivity index (χ4n) is 2.79. The first-order valence-electron chi connectivity index (χ1n) is 6.90. The third kappa shape index (κ3) is 3.11. The minimum Gasteiger partial charge on any atom is -0.300 e. The zero-order valence-electron chi connectivity index (χ0n) is 12.1. The largest absolute Gasteiger partial charge is 0.300 e. The minimum absolute atomic E-state index is 0.349. The van der Waals surface area contributed by atoms with Gasteiger partial charge in [-0.2, -0.15) is 4.31 Å². The molecule has 1 aromatic heterocycles. The van der Waals surface area contributed by atoms with E-state index in [2.05, 4.69) is 34.7 Å². The van der Waals surface area contributed by atoms with Crippen molar-refractivity contribution in [2.45, 2.75) is 38.1 Å². The van der Waals surface area contributed by atoms with Crippen LogP contribution in [-0.2, 0) is 10.0 Å². The molecule has 0 aliphatic carbocycles. The summed E-state index contributed by atoms with van der Waals surface area (Å²) < 4.78 is 27.9. The Labute approximate surface area is 133 Å². The molecule has 2 heterocycles. The molecule has 4 nitrogen and oxygen atoms in total. The van der Waals surface area contributed by atoms with E-state index in [9.17, 15) is 8.42 Å². The average Bonchev–Trinajstić information content (AvgIpc) is 2.98. The number of nitrogens with zero attached hydrogens (tertiary/aromatic N) is 2. The van der Waals surface area contributed by atoms with E-state index >= 15 is 0 Å². The normalized spacial score (nSPS) is 20.9. The highest BCUT2D eigenvalue weighted by Crippen LogP contribution is 2.33. The number of hydrogen-bond donors (Lipinski definition) is 0. The fourth-order valence-corrected chi connectivity index (χ4v) is 6.67.